The average molecular weight is 311 g/mol. The van der Waals surface area contributed by atoms with Crippen molar-refractivity contribution in [2.24, 2.45) is 5.73 Å². The number of amides is 2. The number of fused-ring (bicyclic) bond motifs is 1. The van der Waals surface area contributed by atoms with Crippen molar-refractivity contribution in [3.8, 4) is 0 Å². The molecule has 1 aromatic heterocycles. The van der Waals surface area contributed by atoms with Crippen LogP contribution in [0.2, 0.25) is 5.02 Å². The molecule has 2 amide bonds. The second-order valence-electron chi connectivity index (χ2n) is 4.87. The highest BCUT2D eigenvalue weighted by atomic mass is 35.5. The number of anilines is 1. The lowest BCUT2D eigenvalue weighted by Gasteiger charge is -2.32. The number of urea groups is 1. The molecule has 1 aliphatic heterocycles. The number of primary amides is 1. The molecule has 3 rings (SSSR count). The molecule has 3 N–H and O–H groups in total. The van der Waals surface area contributed by atoms with Crippen molar-refractivity contribution in [2.75, 3.05) is 18.4 Å². The minimum Gasteiger partial charge on any atom is -0.379 e. The molecule has 0 radical (unpaired) electrons. The summed E-state index contributed by atoms with van der Waals surface area (Å²) >= 11 is 7.87. The number of carbonyl (C=O) groups is 1. The number of nitrogens with zero attached hydrogens (tertiary/aromatic N) is 2. The quantitative estimate of drug-likeness (QED) is 0.896. The van der Waals surface area contributed by atoms with E-state index < -0.39 is 0 Å². The van der Waals surface area contributed by atoms with Crippen molar-refractivity contribution < 1.29 is 4.79 Å². The van der Waals surface area contributed by atoms with Gasteiger partial charge in [0.05, 0.1) is 20.9 Å². The summed E-state index contributed by atoms with van der Waals surface area (Å²) < 4.78 is 1.12. The highest BCUT2D eigenvalue weighted by Gasteiger charge is 2.22. The second kappa shape index (κ2) is 5.46. The lowest BCUT2D eigenvalue weighted by molar-refractivity contribution is 0.193. The molecule has 0 spiro atoms. The number of rotatable bonds is 2. The van der Waals surface area contributed by atoms with Gasteiger partial charge in [-0.15, -0.1) is 11.3 Å². The van der Waals surface area contributed by atoms with Gasteiger partial charge in [0.25, 0.3) is 0 Å². The largest absolute Gasteiger partial charge is 0.379 e. The summed E-state index contributed by atoms with van der Waals surface area (Å²) in [5.41, 5.74) is 8.92. The van der Waals surface area contributed by atoms with Gasteiger partial charge in [0, 0.05) is 19.1 Å². The number of nitrogens with two attached hydrogens (primary N) is 1. The lowest BCUT2D eigenvalue weighted by Crippen LogP contribution is -2.44. The van der Waals surface area contributed by atoms with E-state index in [0.717, 1.165) is 28.7 Å². The summed E-state index contributed by atoms with van der Waals surface area (Å²) in [5, 5.41) is 4.15. The van der Waals surface area contributed by atoms with Gasteiger partial charge < -0.3 is 16.0 Å². The van der Waals surface area contributed by atoms with Gasteiger partial charge in [-0.1, -0.05) is 11.6 Å². The molecule has 0 unspecified atom stereocenters. The zero-order valence-electron chi connectivity index (χ0n) is 10.8. The van der Waals surface area contributed by atoms with Crippen molar-refractivity contribution in [1.82, 2.24) is 9.88 Å². The number of likely N-dealkylation sites (tertiary alicyclic amines) is 1. The molecule has 1 fully saturated rings. The molecular weight excluding hydrogens is 296 g/mol. The molecule has 1 aliphatic rings. The first-order valence-electron chi connectivity index (χ1n) is 6.48. The molecule has 0 bridgehead atoms. The topological polar surface area (TPSA) is 71.2 Å². The Bertz CT molecular complexity index is 636. The number of hydrogen-bond donors (Lipinski definition) is 2. The number of piperidine rings is 1. The number of halogens is 1. The van der Waals surface area contributed by atoms with Crippen LogP contribution in [-0.2, 0) is 0 Å². The fourth-order valence-electron chi connectivity index (χ4n) is 2.49. The number of benzene rings is 1. The Morgan fingerprint density at radius 1 is 1.45 bits per heavy atom. The normalized spacial score (nSPS) is 16.6. The van der Waals surface area contributed by atoms with Gasteiger partial charge in [-0.25, -0.2) is 9.78 Å². The third kappa shape index (κ3) is 2.53. The van der Waals surface area contributed by atoms with Crippen molar-refractivity contribution >= 4 is 44.9 Å². The van der Waals surface area contributed by atoms with Gasteiger partial charge >= 0.3 is 6.03 Å². The first kappa shape index (κ1) is 13.5. The van der Waals surface area contributed by atoms with Crippen LogP contribution >= 0.6 is 22.9 Å². The molecule has 0 atom stereocenters. The van der Waals surface area contributed by atoms with Crippen LogP contribution in [0.15, 0.2) is 17.6 Å². The van der Waals surface area contributed by atoms with Crippen LogP contribution < -0.4 is 11.1 Å². The van der Waals surface area contributed by atoms with Crippen LogP contribution in [0.5, 0.6) is 0 Å². The predicted octanol–water partition coefficient (Wildman–Crippen LogP) is 2.90. The molecule has 5 nitrogen and oxygen atoms in total. The number of nitrogens with one attached hydrogen (secondary N) is 1. The van der Waals surface area contributed by atoms with E-state index in [-0.39, 0.29) is 12.1 Å². The summed E-state index contributed by atoms with van der Waals surface area (Å²) in [6.45, 7) is 1.36. The van der Waals surface area contributed by atoms with Gasteiger partial charge in [-0.05, 0) is 25.0 Å². The Labute approximate surface area is 125 Å². The van der Waals surface area contributed by atoms with Crippen LogP contribution in [0.1, 0.15) is 12.8 Å². The molecule has 2 aromatic rings. The second-order valence-corrected chi connectivity index (χ2v) is 6.16. The summed E-state index contributed by atoms with van der Waals surface area (Å²) in [5.74, 6) is 0. The van der Waals surface area contributed by atoms with E-state index in [0.29, 0.717) is 18.1 Å². The van der Waals surface area contributed by atoms with Gasteiger partial charge in [0.2, 0.25) is 0 Å². The number of thiazole rings is 1. The Hall–Kier alpha value is -1.53. The minimum atomic E-state index is -0.344. The fourth-order valence-corrected chi connectivity index (χ4v) is 3.38. The van der Waals surface area contributed by atoms with Gasteiger partial charge in [-0.2, -0.15) is 0 Å². The zero-order chi connectivity index (χ0) is 14.1. The fraction of sp³-hybridized carbons (Fsp3) is 0.385. The van der Waals surface area contributed by atoms with E-state index in [1.807, 2.05) is 17.6 Å². The maximum atomic E-state index is 11.1. The monoisotopic (exact) mass is 310 g/mol. The van der Waals surface area contributed by atoms with E-state index in [1.165, 1.54) is 0 Å². The number of hydrogen-bond acceptors (Lipinski definition) is 4. The first-order chi connectivity index (χ1) is 9.65. The first-order valence-corrected chi connectivity index (χ1v) is 7.73. The number of aromatic nitrogens is 1. The molecule has 0 saturated carbocycles. The van der Waals surface area contributed by atoms with Crippen LogP contribution in [0, 0.1) is 0 Å². The average Bonchev–Trinajstić information content (AvgIpc) is 2.91. The maximum absolute atomic E-state index is 11.1. The Balaban J connectivity index is 1.76. The molecule has 7 heteroatoms. The van der Waals surface area contributed by atoms with Gasteiger partial charge in [-0.3, -0.25) is 0 Å². The summed E-state index contributed by atoms with van der Waals surface area (Å²) in [6, 6.07) is 3.82. The van der Waals surface area contributed by atoms with Crippen molar-refractivity contribution in [2.45, 2.75) is 18.9 Å². The molecule has 1 saturated heterocycles. The summed E-state index contributed by atoms with van der Waals surface area (Å²) in [4.78, 5) is 17.2. The van der Waals surface area contributed by atoms with Gasteiger partial charge in [0.1, 0.15) is 5.52 Å². The molecule has 0 aliphatic carbocycles. The van der Waals surface area contributed by atoms with E-state index in [2.05, 4.69) is 10.3 Å². The van der Waals surface area contributed by atoms with E-state index in [4.69, 9.17) is 17.3 Å². The smallest absolute Gasteiger partial charge is 0.314 e. The van der Waals surface area contributed by atoms with Gasteiger partial charge in [0.15, 0.2) is 0 Å². The highest BCUT2D eigenvalue weighted by molar-refractivity contribution is 7.16. The lowest BCUT2D eigenvalue weighted by atomic mass is 10.0. The predicted molar refractivity (Wildman–Crippen MR) is 82.4 cm³/mol. The summed E-state index contributed by atoms with van der Waals surface area (Å²) in [7, 11) is 0. The van der Waals surface area contributed by atoms with E-state index in [9.17, 15) is 4.79 Å². The molecular formula is C13H15ClN4OS. The highest BCUT2D eigenvalue weighted by Crippen LogP contribution is 2.33. The number of carbonyl (C=O) groups excluding carboxylic acids is 1. The Morgan fingerprint density at radius 2 is 2.20 bits per heavy atom. The third-order valence-corrected chi connectivity index (χ3v) is 4.72. The molecule has 20 heavy (non-hydrogen) atoms. The molecule has 2 heterocycles. The van der Waals surface area contributed by atoms with E-state index >= 15 is 0 Å². The standard InChI is InChI=1S/C13H15ClN4OS/c14-9-1-2-10-12(16-7-20-10)11(9)17-8-3-5-18(6-4-8)13(15)19/h1-2,7-8,17H,3-6H2,(H2,15,19). The van der Waals surface area contributed by atoms with Crippen molar-refractivity contribution in [1.29, 1.82) is 0 Å². The summed E-state index contributed by atoms with van der Waals surface area (Å²) in [6.07, 6.45) is 1.72. The minimum absolute atomic E-state index is 0.287. The Morgan fingerprint density at radius 3 is 2.90 bits per heavy atom. The van der Waals surface area contributed by atoms with Crippen LogP contribution in [-0.4, -0.2) is 35.0 Å². The molecule has 106 valence electrons. The molecule has 1 aromatic carbocycles. The zero-order valence-corrected chi connectivity index (χ0v) is 12.4. The van der Waals surface area contributed by atoms with Crippen molar-refractivity contribution in [3.05, 3.63) is 22.7 Å². The maximum Gasteiger partial charge on any atom is 0.314 e. The van der Waals surface area contributed by atoms with Crippen molar-refractivity contribution in [3.63, 3.8) is 0 Å². The SMILES string of the molecule is NC(=O)N1CCC(Nc2c(Cl)ccc3scnc23)CC1. The van der Waals surface area contributed by atoms with Crippen LogP contribution in [0.3, 0.4) is 0 Å². The van der Waals surface area contributed by atoms with Crippen LogP contribution in [0.4, 0.5) is 10.5 Å². The van der Waals surface area contributed by atoms with Crippen LogP contribution in [0.25, 0.3) is 10.2 Å². The van der Waals surface area contributed by atoms with E-state index in [1.54, 1.807) is 16.2 Å². The third-order valence-electron chi connectivity index (χ3n) is 3.61. The Kier molecular flexibility index (Phi) is 3.67.